The molecule has 2 aromatic carbocycles. The normalized spacial score (nSPS) is 11.6. The molecule has 0 heterocycles. The Bertz CT molecular complexity index is 716. The Morgan fingerprint density at radius 1 is 1.00 bits per heavy atom. The Labute approximate surface area is 134 Å². The predicted octanol–water partition coefficient (Wildman–Crippen LogP) is 3.37. The molecule has 1 atom stereocenters. The smallest absolute Gasteiger partial charge is 0.352 e. The van der Waals surface area contributed by atoms with E-state index in [1.54, 1.807) is 19.1 Å². The summed E-state index contributed by atoms with van der Waals surface area (Å²) in [7, 11) is 0. The van der Waals surface area contributed by atoms with Crippen molar-refractivity contribution < 1.29 is 24.2 Å². The first-order valence-electron chi connectivity index (χ1n) is 7.17. The minimum Gasteiger partial charge on any atom is -0.478 e. The van der Waals surface area contributed by atoms with Gasteiger partial charge in [-0.25, -0.2) is 9.59 Å². The van der Waals surface area contributed by atoms with E-state index in [1.165, 1.54) is 12.1 Å². The number of rotatable bonds is 5. The molecule has 0 fully saturated rings. The molecule has 0 aliphatic rings. The Morgan fingerprint density at radius 2 is 1.61 bits per heavy atom. The van der Waals surface area contributed by atoms with Gasteiger partial charge in [0.2, 0.25) is 0 Å². The molecule has 0 aliphatic heterocycles. The molecule has 23 heavy (non-hydrogen) atoms. The second-order valence-corrected chi connectivity index (χ2v) is 5.20. The van der Waals surface area contributed by atoms with E-state index in [4.69, 9.17) is 14.6 Å². The van der Waals surface area contributed by atoms with Crippen LogP contribution in [0.1, 0.15) is 28.4 Å². The quantitative estimate of drug-likeness (QED) is 0.676. The lowest BCUT2D eigenvalue weighted by Gasteiger charge is -2.17. The summed E-state index contributed by atoms with van der Waals surface area (Å²) in [5.74, 6) is -1.18. The number of carboxylic acid groups (broad SMARTS) is 1. The average Bonchev–Trinajstić information content (AvgIpc) is 2.51. The van der Waals surface area contributed by atoms with Crippen LogP contribution in [0.15, 0.2) is 42.5 Å². The number of aryl methyl sites for hydroxylation is 2. The van der Waals surface area contributed by atoms with Gasteiger partial charge in [0.05, 0.1) is 0 Å². The van der Waals surface area contributed by atoms with Gasteiger partial charge in [0.15, 0.2) is 6.10 Å². The van der Waals surface area contributed by atoms with Crippen molar-refractivity contribution in [1.29, 1.82) is 0 Å². The highest BCUT2D eigenvalue weighted by atomic mass is 16.6. The van der Waals surface area contributed by atoms with Crippen LogP contribution in [0.5, 0.6) is 11.5 Å². The molecule has 0 spiro atoms. The van der Waals surface area contributed by atoms with Gasteiger partial charge in [0, 0.05) is 0 Å². The molecule has 1 unspecified atom stereocenters. The number of para-hydroxylation sites is 2. The van der Waals surface area contributed by atoms with Crippen molar-refractivity contribution in [3.63, 3.8) is 0 Å². The molecule has 0 amide bonds. The molecule has 0 aromatic heterocycles. The highest BCUT2D eigenvalue weighted by molar-refractivity contribution is 5.92. The highest BCUT2D eigenvalue weighted by Gasteiger charge is 2.21. The monoisotopic (exact) mass is 314 g/mol. The predicted molar refractivity (Wildman–Crippen MR) is 85.0 cm³/mol. The highest BCUT2D eigenvalue weighted by Crippen LogP contribution is 2.24. The Kier molecular flexibility index (Phi) is 5.01. The third kappa shape index (κ3) is 3.88. The lowest BCUT2D eigenvalue weighted by Crippen LogP contribution is -2.29. The molecule has 120 valence electrons. The minimum absolute atomic E-state index is 0.00181. The lowest BCUT2D eigenvalue weighted by atomic mass is 10.1. The number of carboxylic acids is 1. The van der Waals surface area contributed by atoms with Crippen LogP contribution in [0.4, 0.5) is 0 Å². The average molecular weight is 314 g/mol. The maximum atomic E-state index is 12.2. The van der Waals surface area contributed by atoms with E-state index in [1.807, 2.05) is 32.0 Å². The van der Waals surface area contributed by atoms with Gasteiger partial charge < -0.3 is 14.6 Å². The number of carbonyl (C=O) groups excluding carboxylic acids is 1. The zero-order valence-electron chi connectivity index (χ0n) is 13.2. The summed E-state index contributed by atoms with van der Waals surface area (Å²) in [6, 6.07) is 11.7. The number of carbonyl (C=O) groups is 2. The molecule has 0 bridgehead atoms. The summed E-state index contributed by atoms with van der Waals surface area (Å²) in [6.45, 7) is 5.35. The van der Waals surface area contributed by atoms with Crippen molar-refractivity contribution in [1.82, 2.24) is 0 Å². The standard InChI is InChI=1S/C18H18O5/c1-11-7-6-8-12(2)16(11)22-13(3)18(21)23-15-10-5-4-9-14(15)17(19)20/h4-10,13H,1-3H3,(H,19,20). The fraction of sp³-hybridized carbons (Fsp3) is 0.222. The zero-order valence-corrected chi connectivity index (χ0v) is 13.2. The molecule has 5 nitrogen and oxygen atoms in total. The maximum Gasteiger partial charge on any atom is 0.352 e. The van der Waals surface area contributed by atoms with Crippen LogP contribution in [-0.4, -0.2) is 23.1 Å². The van der Waals surface area contributed by atoms with E-state index < -0.39 is 18.0 Å². The number of ether oxygens (including phenoxy) is 2. The van der Waals surface area contributed by atoms with E-state index in [0.29, 0.717) is 5.75 Å². The van der Waals surface area contributed by atoms with Gasteiger partial charge in [-0.2, -0.15) is 0 Å². The first-order chi connectivity index (χ1) is 10.9. The van der Waals surface area contributed by atoms with Crippen molar-refractivity contribution in [2.24, 2.45) is 0 Å². The summed E-state index contributed by atoms with van der Waals surface area (Å²) in [5, 5.41) is 9.10. The van der Waals surface area contributed by atoms with E-state index >= 15 is 0 Å². The molecule has 5 heteroatoms. The Hall–Kier alpha value is -2.82. The number of esters is 1. The van der Waals surface area contributed by atoms with E-state index in [-0.39, 0.29) is 11.3 Å². The number of hydrogen-bond donors (Lipinski definition) is 1. The molecule has 2 rings (SSSR count). The van der Waals surface area contributed by atoms with Gasteiger partial charge in [-0.15, -0.1) is 0 Å². The summed E-state index contributed by atoms with van der Waals surface area (Å²) in [6.07, 6.45) is -0.864. The van der Waals surface area contributed by atoms with Crippen molar-refractivity contribution >= 4 is 11.9 Å². The second kappa shape index (κ2) is 6.96. The van der Waals surface area contributed by atoms with Crippen LogP contribution in [0, 0.1) is 13.8 Å². The lowest BCUT2D eigenvalue weighted by molar-refractivity contribution is -0.141. The topological polar surface area (TPSA) is 72.8 Å². The van der Waals surface area contributed by atoms with Crippen LogP contribution in [0.2, 0.25) is 0 Å². The number of hydrogen-bond acceptors (Lipinski definition) is 4. The second-order valence-electron chi connectivity index (χ2n) is 5.20. The molecule has 0 radical (unpaired) electrons. The first-order valence-corrected chi connectivity index (χ1v) is 7.17. The maximum absolute atomic E-state index is 12.2. The molecular formula is C18H18O5. The molecule has 0 saturated carbocycles. The summed E-state index contributed by atoms with van der Waals surface area (Å²) in [5.41, 5.74) is 1.76. The van der Waals surface area contributed by atoms with Crippen LogP contribution >= 0.6 is 0 Å². The SMILES string of the molecule is Cc1cccc(C)c1OC(C)C(=O)Oc1ccccc1C(=O)O. The fourth-order valence-corrected chi connectivity index (χ4v) is 2.13. The fourth-order valence-electron chi connectivity index (χ4n) is 2.13. The van der Waals surface area contributed by atoms with Gasteiger partial charge in [-0.05, 0) is 44.0 Å². The molecule has 2 aromatic rings. The first kappa shape index (κ1) is 16.5. The summed E-state index contributed by atoms with van der Waals surface area (Å²) < 4.78 is 10.9. The van der Waals surface area contributed by atoms with E-state index in [0.717, 1.165) is 11.1 Å². The molecular weight excluding hydrogens is 296 g/mol. The summed E-state index contributed by atoms with van der Waals surface area (Å²) in [4.78, 5) is 23.3. The molecule has 0 saturated heterocycles. The third-order valence-corrected chi connectivity index (χ3v) is 3.36. The van der Waals surface area contributed by atoms with Crippen LogP contribution in [0.3, 0.4) is 0 Å². The van der Waals surface area contributed by atoms with Crippen molar-refractivity contribution in [2.75, 3.05) is 0 Å². The van der Waals surface area contributed by atoms with Gasteiger partial charge in [-0.1, -0.05) is 30.3 Å². The summed E-state index contributed by atoms with van der Waals surface area (Å²) >= 11 is 0. The van der Waals surface area contributed by atoms with Crippen LogP contribution in [0.25, 0.3) is 0 Å². The van der Waals surface area contributed by atoms with E-state index in [9.17, 15) is 9.59 Å². The number of benzene rings is 2. The van der Waals surface area contributed by atoms with Crippen molar-refractivity contribution in [3.8, 4) is 11.5 Å². The van der Waals surface area contributed by atoms with Gasteiger partial charge in [-0.3, -0.25) is 0 Å². The Balaban J connectivity index is 2.14. The minimum atomic E-state index is -1.16. The van der Waals surface area contributed by atoms with Gasteiger partial charge in [0.25, 0.3) is 0 Å². The largest absolute Gasteiger partial charge is 0.478 e. The molecule has 1 N–H and O–H groups in total. The third-order valence-electron chi connectivity index (χ3n) is 3.36. The van der Waals surface area contributed by atoms with Crippen molar-refractivity contribution in [3.05, 3.63) is 59.2 Å². The van der Waals surface area contributed by atoms with E-state index in [2.05, 4.69) is 0 Å². The zero-order chi connectivity index (χ0) is 17.0. The number of aromatic carboxylic acids is 1. The Morgan fingerprint density at radius 3 is 2.22 bits per heavy atom. The van der Waals surface area contributed by atoms with Crippen molar-refractivity contribution in [2.45, 2.75) is 26.9 Å². The molecule has 0 aliphatic carbocycles. The van der Waals surface area contributed by atoms with Gasteiger partial charge >= 0.3 is 11.9 Å². The van der Waals surface area contributed by atoms with Crippen LogP contribution < -0.4 is 9.47 Å². The van der Waals surface area contributed by atoms with Crippen LogP contribution in [-0.2, 0) is 4.79 Å². The van der Waals surface area contributed by atoms with Gasteiger partial charge in [0.1, 0.15) is 17.1 Å².